The Morgan fingerprint density at radius 2 is 1.76 bits per heavy atom. The molecule has 21 heavy (non-hydrogen) atoms. The van der Waals surface area contributed by atoms with Crippen LogP contribution in [0.25, 0.3) is 0 Å². The summed E-state index contributed by atoms with van der Waals surface area (Å²) in [5, 5.41) is 8.78. The molecule has 2 rings (SSSR count). The number of carbonyl (C=O) groups excluding carboxylic acids is 1. The van der Waals surface area contributed by atoms with Gasteiger partial charge in [0.2, 0.25) is 0 Å². The number of likely N-dealkylation sites (N-methyl/N-ethyl adjacent to an activating group) is 1. The van der Waals surface area contributed by atoms with Gasteiger partial charge in [0.1, 0.15) is 5.75 Å². The molecule has 4 heteroatoms. The van der Waals surface area contributed by atoms with E-state index in [0.717, 1.165) is 11.4 Å². The Hall–Kier alpha value is -2.80. The van der Waals surface area contributed by atoms with Gasteiger partial charge in [-0.15, -0.1) is 0 Å². The SMILES string of the molecule is COc1ccc(C(=O)CN(C)c2ccc(C#N)cc2)cc1. The largest absolute Gasteiger partial charge is 0.497 e. The zero-order valence-electron chi connectivity index (χ0n) is 12.0. The molecule has 106 valence electrons. The first-order valence-electron chi connectivity index (χ1n) is 6.52. The molecule has 2 aromatic carbocycles. The maximum Gasteiger partial charge on any atom is 0.182 e. The van der Waals surface area contributed by atoms with Crippen molar-refractivity contribution >= 4 is 11.5 Å². The van der Waals surface area contributed by atoms with Crippen molar-refractivity contribution in [1.82, 2.24) is 0 Å². The number of Topliss-reactive ketones (excluding diaryl/α,β-unsaturated/α-hetero) is 1. The van der Waals surface area contributed by atoms with Crippen molar-refractivity contribution in [2.24, 2.45) is 0 Å². The van der Waals surface area contributed by atoms with E-state index in [-0.39, 0.29) is 12.3 Å². The molecule has 0 aliphatic carbocycles. The lowest BCUT2D eigenvalue weighted by Gasteiger charge is -2.18. The van der Waals surface area contributed by atoms with Gasteiger partial charge in [0.05, 0.1) is 25.3 Å². The van der Waals surface area contributed by atoms with Gasteiger partial charge in [-0.1, -0.05) is 0 Å². The summed E-state index contributed by atoms with van der Waals surface area (Å²) < 4.78 is 5.07. The molecule has 0 aliphatic heterocycles. The summed E-state index contributed by atoms with van der Waals surface area (Å²) in [6.45, 7) is 0.276. The number of anilines is 1. The molecule has 2 aromatic rings. The van der Waals surface area contributed by atoms with Crippen LogP contribution in [0.5, 0.6) is 5.75 Å². The number of rotatable bonds is 5. The molecule has 0 aliphatic rings. The predicted octanol–water partition coefficient (Wildman–Crippen LogP) is 2.89. The van der Waals surface area contributed by atoms with Crippen LogP contribution in [0.3, 0.4) is 0 Å². The van der Waals surface area contributed by atoms with E-state index in [0.29, 0.717) is 11.1 Å². The molecule has 0 heterocycles. The summed E-state index contributed by atoms with van der Waals surface area (Å²) in [6, 6.07) is 16.3. The third kappa shape index (κ3) is 3.61. The number of nitrogens with zero attached hydrogens (tertiary/aromatic N) is 2. The van der Waals surface area contributed by atoms with E-state index in [9.17, 15) is 4.79 Å². The fourth-order valence-corrected chi connectivity index (χ4v) is 1.97. The number of hydrogen-bond acceptors (Lipinski definition) is 4. The highest BCUT2D eigenvalue weighted by molar-refractivity contribution is 5.99. The maximum atomic E-state index is 12.2. The van der Waals surface area contributed by atoms with E-state index >= 15 is 0 Å². The fourth-order valence-electron chi connectivity index (χ4n) is 1.97. The third-order valence-electron chi connectivity index (χ3n) is 3.23. The molecular formula is C17H16N2O2. The van der Waals surface area contributed by atoms with Crippen LogP contribution in [0.15, 0.2) is 48.5 Å². The van der Waals surface area contributed by atoms with Crippen molar-refractivity contribution in [3.63, 3.8) is 0 Å². The van der Waals surface area contributed by atoms with Crippen molar-refractivity contribution in [3.8, 4) is 11.8 Å². The van der Waals surface area contributed by atoms with Gasteiger partial charge in [0, 0.05) is 18.3 Å². The Morgan fingerprint density at radius 1 is 1.14 bits per heavy atom. The number of ketones is 1. The lowest BCUT2D eigenvalue weighted by atomic mass is 10.1. The topological polar surface area (TPSA) is 53.3 Å². The summed E-state index contributed by atoms with van der Waals surface area (Å²) in [4.78, 5) is 14.1. The van der Waals surface area contributed by atoms with E-state index in [1.807, 2.05) is 24.1 Å². The highest BCUT2D eigenvalue weighted by Gasteiger charge is 2.10. The average Bonchev–Trinajstić information content (AvgIpc) is 2.55. The molecular weight excluding hydrogens is 264 g/mol. The number of carbonyl (C=O) groups is 1. The van der Waals surface area contributed by atoms with Crippen molar-refractivity contribution in [2.75, 3.05) is 25.6 Å². The van der Waals surface area contributed by atoms with Crippen LogP contribution in [0.1, 0.15) is 15.9 Å². The van der Waals surface area contributed by atoms with Gasteiger partial charge in [-0.3, -0.25) is 4.79 Å². The van der Waals surface area contributed by atoms with Crippen molar-refractivity contribution in [2.45, 2.75) is 0 Å². The Kier molecular flexibility index (Phi) is 4.57. The standard InChI is InChI=1S/C17H16N2O2/c1-19(15-7-3-13(11-18)4-8-15)12-17(20)14-5-9-16(21-2)10-6-14/h3-10H,12H2,1-2H3. The van der Waals surface area contributed by atoms with E-state index < -0.39 is 0 Å². The van der Waals surface area contributed by atoms with Crippen molar-refractivity contribution < 1.29 is 9.53 Å². The van der Waals surface area contributed by atoms with Gasteiger partial charge >= 0.3 is 0 Å². The summed E-state index contributed by atoms with van der Waals surface area (Å²) in [6.07, 6.45) is 0. The van der Waals surface area contributed by atoms with E-state index in [4.69, 9.17) is 10.00 Å². The van der Waals surface area contributed by atoms with Crippen molar-refractivity contribution in [3.05, 3.63) is 59.7 Å². The Labute approximate surface area is 124 Å². The molecule has 0 aromatic heterocycles. The molecule has 0 spiro atoms. The quantitative estimate of drug-likeness (QED) is 0.790. The molecule has 0 atom stereocenters. The normalized spacial score (nSPS) is 9.76. The summed E-state index contributed by atoms with van der Waals surface area (Å²) in [5.74, 6) is 0.761. The molecule has 0 N–H and O–H groups in total. The van der Waals surface area contributed by atoms with E-state index in [1.165, 1.54) is 0 Å². The van der Waals surface area contributed by atoms with Gasteiger partial charge < -0.3 is 9.64 Å². The second kappa shape index (κ2) is 6.58. The maximum absolute atomic E-state index is 12.2. The van der Waals surface area contributed by atoms with Gasteiger partial charge in [0.25, 0.3) is 0 Å². The Bertz CT molecular complexity index is 655. The molecule has 4 nitrogen and oxygen atoms in total. The smallest absolute Gasteiger partial charge is 0.182 e. The van der Waals surface area contributed by atoms with Gasteiger partial charge in [0.15, 0.2) is 5.78 Å². The first-order chi connectivity index (χ1) is 10.1. The fraction of sp³-hybridized carbons (Fsp3) is 0.176. The highest BCUT2D eigenvalue weighted by Crippen LogP contribution is 2.16. The van der Waals surface area contributed by atoms with Gasteiger partial charge in [-0.25, -0.2) is 0 Å². The van der Waals surface area contributed by atoms with Crippen LogP contribution in [-0.2, 0) is 0 Å². The van der Waals surface area contributed by atoms with Crippen LogP contribution in [0, 0.1) is 11.3 Å². The minimum absolute atomic E-state index is 0.0320. The minimum atomic E-state index is 0.0320. The third-order valence-corrected chi connectivity index (χ3v) is 3.23. The van der Waals surface area contributed by atoms with Crippen LogP contribution in [0.4, 0.5) is 5.69 Å². The molecule has 0 amide bonds. The average molecular weight is 280 g/mol. The molecule has 0 saturated carbocycles. The first-order valence-corrected chi connectivity index (χ1v) is 6.52. The van der Waals surface area contributed by atoms with Crippen LogP contribution in [-0.4, -0.2) is 26.5 Å². The lowest BCUT2D eigenvalue weighted by Crippen LogP contribution is -2.25. The van der Waals surface area contributed by atoms with Crippen LogP contribution in [0.2, 0.25) is 0 Å². The lowest BCUT2D eigenvalue weighted by molar-refractivity contribution is 0.100. The monoisotopic (exact) mass is 280 g/mol. The van der Waals surface area contributed by atoms with E-state index in [1.54, 1.807) is 43.5 Å². The molecule has 0 fully saturated rings. The zero-order valence-corrected chi connectivity index (χ0v) is 12.0. The molecule has 0 bridgehead atoms. The van der Waals surface area contributed by atoms with Crippen LogP contribution < -0.4 is 9.64 Å². The number of nitriles is 1. The predicted molar refractivity (Wildman–Crippen MR) is 81.8 cm³/mol. The summed E-state index contributed by atoms with van der Waals surface area (Å²) >= 11 is 0. The Balaban J connectivity index is 2.05. The molecule has 0 unspecified atom stereocenters. The van der Waals surface area contributed by atoms with Crippen molar-refractivity contribution in [1.29, 1.82) is 5.26 Å². The number of ether oxygens (including phenoxy) is 1. The zero-order chi connectivity index (χ0) is 15.2. The second-order valence-corrected chi connectivity index (χ2v) is 4.67. The van der Waals surface area contributed by atoms with Gasteiger partial charge in [-0.2, -0.15) is 5.26 Å². The van der Waals surface area contributed by atoms with E-state index in [2.05, 4.69) is 6.07 Å². The number of benzene rings is 2. The number of hydrogen-bond donors (Lipinski definition) is 0. The van der Waals surface area contributed by atoms with Gasteiger partial charge in [-0.05, 0) is 48.5 Å². The second-order valence-electron chi connectivity index (χ2n) is 4.67. The number of methoxy groups -OCH3 is 1. The molecule has 0 radical (unpaired) electrons. The Morgan fingerprint density at radius 3 is 2.29 bits per heavy atom. The molecule has 0 saturated heterocycles. The first kappa shape index (κ1) is 14.6. The highest BCUT2D eigenvalue weighted by atomic mass is 16.5. The summed E-state index contributed by atoms with van der Waals surface area (Å²) in [7, 11) is 3.44. The summed E-state index contributed by atoms with van der Waals surface area (Å²) in [5.41, 5.74) is 2.15. The minimum Gasteiger partial charge on any atom is -0.497 e. The van der Waals surface area contributed by atoms with Crippen LogP contribution >= 0.6 is 0 Å².